The van der Waals surface area contributed by atoms with E-state index in [0.29, 0.717) is 0 Å². The van der Waals surface area contributed by atoms with Crippen molar-refractivity contribution in [1.82, 2.24) is 20.5 Å². The van der Waals surface area contributed by atoms with Crippen molar-refractivity contribution in [3.63, 3.8) is 0 Å². The maximum Gasteiger partial charge on any atom is 0.116 e. The standard InChI is InChI=1S/C25H22N4S/c1-15-5-8-24(30-15)18-3-2-4-21-19(18)14-23(27-21)25-20-13-17(6-7-22(20)28-29-25)16-9-11-26-12-10-16/h2-9,13-14,26-27H,10-12H2,1H3,(H,28,29). The molecule has 0 spiro atoms. The van der Waals surface area contributed by atoms with E-state index in [1.807, 2.05) is 11.3 Å². The van der Waals surface area contributed by atoms with Gasteiger partial charge in [0, 0.05) is 38.2 Å². The smallest absolute Gasteiger partial charge is 0.116 e. The number of H-pyrrole nitrogens is 2. The maximum absolute atomic E-state index is 4.67. The number of aromatic nitrogens is 3. The fourth-order valence-corrected chi connectivity index (χ4v) is 5.29. The van der Waals surface area contributed by atoms with E-state index in [1.165, 1.54) is 31.8 Å². The van der Waals surface area contributed by atoms with Gasteiger partial charge in [0.1, 0.15) is 5.69 Å². The monoisotopic (exact) mass is 410 g/mol. The Morgan fingerprint density at radius 3 is 2.77 bits per heavy atom. The van der Waals surface area contributed by atoms with E-state index >= 15 is 0 Å². The summed E-state index contributed by atoms with van der Waals surface area (Å²) in [7, 11) is 0. The van der Waals surface area contributed by atoms with Gasteiger partial charge in [-0.05, 0) is 67.4 Å². The van der Waals surface area contributed by atoms with Gasteiger partial charge in [-0.2, -0.15) is 5.10 Å². The molecular weight excluding hydrogens is 388 g/mol. The van der Waals surface area contributed by atoms with Crippen LogP contribution in [-0.4, -0.2) is 28.3 Å². The lowest BCUT2D eigenvalue weighted by Crippen LogP contribution is -2.19. The highest BCUT2D eigenvalue weighted by molar-refractivity contribution is 7.15. The Labute approximate surface area is 178 Å². The molecule has 6 rings (SSSR count). The molecule has 4 heterocycles. The second kappa shape index (κ2) is 6.97. The minimum absolute atomic E-state index is 0.943. The van der Waals surface area contributed by atoms with Crippen LogP contribution in [0.3, 0.4) is 0 Å². The Balaban J connectivity index is 1.49. The fraction of sp³-hybridized carbons (Fsp3) is 0.160. The summed E-state index contributed by atoms with van der Waals surface area (Å²) in [5, 5.41) is 13.7. The summed E-state index contributed by atoms with van der Waals surface area (Å²) in [5.41, 5.74) is 8.21. The molecule has 0 unspecified atom stereocenters. The first-order chi connectivity index (χ1) is 14.8. The Hall–Kier alpha value is -3.15. The van der Waals surface area contributed by atoms with Crippen LogP contribution >= 0.6 is 11.3 Å². The molecular formula is C25H22N4S. The van der Waals surface area contributed by atoms with Gasteiger partial charge in [0.15, 0.2) is 0 Å². The van der Waals surface area contributed by atoms with Crippen LogP contribution in [0.2, 0.25) is 0 Å². The molecule has 0 bridgehead atoms. The molecule has 0 saturated carbocycles. The number of nitrogens with zero attached hydrogens (tertiary/aromatic N) is 1. The molecule has 0 atom stereocenters. The minimum atomic E-state index is 0.943. The van der Waals surface area contributed by atoms with Crippen LogP contribution in [0.4, 0.5) is 0 Å². The maximum atomic E-state index is 4.67. The Morgan fingerprint density at radius 1 is 0.967 bits per heavy atom. The van der Waals surface area contributed by atoms with E-state index < -0.39 is 0 Å². The number of aryl methyl sites for hydroxylation is 1. The zero-order valence-electron chi connectivity index (χ0n) is 16.8. The summed E-state index contributed by atoms with van der Waals surface area (Å²) < 4.78 is 0. The van der Waals surface area contributed by atoms with Crippen LogP contribution in [0, 0.1) is 6.92 Å². The van der Waals surface area contributed by atoms with Crippen LogP contribution in [0.1, 0.15) is 16.9 Å². The average Bonchev–Trinajstić information content (AvgIpc) is 3.51. The molecule has 0 saturated heterocycles. The van der Waals surface area contributed by atoms with Gasteiger partial charge < -0.3 is 10.3 Å². The number of benzene rings is 2. The predicted molar refractivity (Wildman–Crippen MR) is 127 cm³/mol. The van der Waals surface area contributed by atoms with Crippen molar-refractivity contribution in [2.75, 3.05) is 13.1 Å². The molecule has 0 fully saturated rings. The highest BCUT2D eigenvalue weighted by atomic mass is 32.1. The number of rotatable bonds is 3. The molecule has 5 heteroatoms. The first-order valence-electron chi connectivity index (χ1n) is 10.3. The summed E-state index contributed by atoms with van der Waals surface area (Å²) in [6, 6.07) is 19.7. The molecule has 0 amide bonds. The Kier molecular flexibility index (Phi) is 4.11. The normalized spacial score (nSPS) is 14.5. The highest BCUT2D eigenvalue weighted by Crippen LogP contribution is 2.37. The summed E-state index contributed by atoms with van der Waals surface area (Å²) in [6.45, 7) is 4.13. The molecule has 0 radical (unpaired) electrons. The summed E-state index contributed by atoms with van der Waals surface area (Å²) in [5.74, 6) is 0. The van der Waals surface area contributed by atoms with Gasteiger partial charge in [0.2, 0.25) is 0 Å². The molecule has 5 aromatic rings. The van der Waals surface area contributed by atoms with E-state index in [9.17, 15) is 0 Å². The number of thiophene rings is 1. The van der Waals surface area contributed by atoms with E-state index in [0.717, 1.165) is 47.3 Å². The average molecular weight is 411 g/mol. The van der Waals surface area contributed by atoms with Crippen molar-refractivity contribution in [2.24, 2.45) is 0 Å². The van der Waals surface area contributed by atoms with Crippen LogP contribution in [0.15, 0.2) is 60.7 Å². The van der Waals surface area contributed by atoms with Gasteiger partial charge in [-0.3, -0.25) is 5.10 Å². The van der Waals surface area contributed by atoms with Gasteiger partial charge in [0.05, 0.1) is 11.2 Å². The van der Waals surface area contributed by atoms with Gasteiger partial charge in [-0.25, -0.2) is 0 Å². The number of aromatic amines is 2. The van der Waals surface area contributed by atoms with Crippen molar-refractivity contribution in [1.29, 1.82) is 0 Å². The topological polar surface area (TPSA) is 56.5 Å². The quantitative estimate of drug-likeness (QED) is 0.335. The summed E-state index contributed by atoms with van der Waals surface area (Å²) in [4.78, 5) is 6.23. The van der Waals surface area contributed by atoms with E-state index in [1.54, 1.807) is 0 Å². The third-order valence-corrected chi connectivity index (χ3v) is 6.96. The van der Waals surface area contributed by atoms with Gasteiger partial charge >= 0.3 is 0 Å². The molecule has 30 heavy (non-hydrogen) atoms. The molecule has 3 N–H and O–H groups in total. The first kappa shape index (κ1) is 17.7. The molecule has 3 aromatic heterocycles. The third kappa shape index (κ3) is 2.90. The van der Waals surface area contributed by atoms with Crippen LogP contribution < -0.4 is 5.32 Å². The number of hydrogen-bond donors (Lipinski definition) is 3. The minimum Gasteiger partial charge on any atom is -0.353 e. The van der Waals surface area contributed by atoms with Crippen LogP contribution in [0.5, 0.6) is 0 Å². The zero-order valence-corrected chi connectivity index (χ0v) is 17.6. The Morgan fingerprint density at radius 2 is 1.93 bits per heavy atom. The third-order valence-electron chi connectivity index (χ3n) is 5.92. The lowest BCUT2D eigenvalue weighted by Gasteiger charge is -2.14. The van der Waals surface area contributed by atoms with Gasteiger partial charge in [0.25, 0.3) is 0 Å². The lowest BCUT2D eigenvalue weighted by atomic mass is 9.98. The predicted octanol–water partition coefficient (Wildman–Crippen LogP) is 6.12. The van der Waals surface area contributed by atoms with E-state index in [2.05, 4.69) is 88.1 Å². The van der Waals surface area contributed by atoms with Crippen LogP contribution in [0.25, 0.3) is 49.2 Å². The second-order valence-corrected chi connectivity index (χ2v) is 9.16. The number of fused-ring (bicyclic) bond motifs is 2. The second-order valence-electron chi connectivity index (χ2n) is 7.88. The molecule has 2 aromatic carbocycles. The summed E-state index contributed by atoms with van der Waals surface area (Å²) in [6.07, 6.45) is 3.36. The molecule has 4 nitrogen and oxygen atoms in total. The van der Waals surface area contributed by atoms with E-state index in [4.69, 9.17) is 0 Å². The molecule has 148 valence electrons. The summed E-state index contributed by atoms with van der Waals surface area (Å²) >= 11 is 1.84. The number of nitrogens with one attached hydrogen (secondary N) is 3. The molecule has 0 aliphatic carbocycles. The lowest BCUT2D eigenvalue weighted by molar-refractivity contribution is 0.739. The van der Waals surface area contributed by atoms with E-state index in [-0.39, 0.29) is 0 Å². The van der Waals surface area contributed by atoms with Crippen molar-refractivity contribution < 1.29 is 0 Å². The highest BCUT2D eigenvalue weighted by Gasteiger charge is 2.15. The van der Waals surface area contributed by atoms with Gasteiger partial charge in [-0.15, -0.1) is 11.3 Å². The zero-order chi connectivity index (χ0) is 20.1. The molecule has 1 aliphatic heterocycles. The van der Waals surface area contributed by atoms with Crippen molar-refractivity contribution in [3.8, 4) is 21.8 Å². The van der Waals surface area contributed by atoms with Crippen molar-refractivity contribution >= 4 is 38.7 Å². The largest absolute Gasteiger partial charge is 0.353 e. The molecule has 1 aliphatic rings. The van der Waals surface area contributed by atoms with Gasteiger partial charge in [-0.1, -0.05) is 24.3 Å². The Bertz CT molecular complexity index is 1420. The SMILES string of the molecule is Cc1ccc(-c2cccc3[nH]c(-c4n[nH]c5ccc(C6=CCNCC6)cc45)cc23)s1. The first-order valence-corrected chi connectivity index (χ1v) is 11.1. The number of hydrogen-bond acceptors (Lipinski definition) is 3. The fourth-order valence-electron chi connectivity index (χ4n) is 4.38. The van der Waals surface area contributed by atoms with Crippen molar-refractivity contribution in [2.45, 2.75) is 13.3 Å². The van der Waals surface area contributed by atoms with Crippen LogP contribution in [-0.2, 0) is 0 Å². The van der Waals surface area contributed by atoms with Crippen molar-refractivity contribution in [3.05, 3.63) is 71.1 Å².